The fourth-order valence-electron chi connectivity index (χ4n) is 3.68. The fourth-order valence-corrected chi connectivity index (χ4v) is 4.56. The minimum absolute atomic E-state index is 0.109. The molecule has 0 radical (unpaired) electrons. The Morgan fingerprint density at radius 3 is 2.67 bits per heavy atom. The molecule has 0 N–H and O–H groups in total. The number of rotatable bonds is 2. The van der Waals surface area contributed by atoms with Gasteiger partial charge < -0.3 is 9.80 Å². The van der Waals surface area contributed by atoms with E-state index in [4.69, 9.17) is 5.10 Å². The summed E-state index contributed by atoms with van der Waals surface area (Å²) in [5.74, 6) is 0.109. The van der Waals surface area contributed by atoms with E-state index in [1.165, 1.54) is 16.1 Å². The van der Waals surface area contributed by atoms with Crippen LogP contribution in [0.25, 0.3) is 11.3 Å². The standard InChI is InChI=1S/C18H24N4OS/c1-12(2)22-17-13-6-11-24-15(13)5-4-14(17)16(19-22)18(23)21-9-7-20(3)8-10-21/h6,11-12H,4-5,7-10H2,1-3H3. The molecule has 0 unspecified atom stereocenters. The summed E-state index contributed by atoms with van der Waals surface area (Å²) in [6.07, 6.45) is 1.94. The lowest BCUT2D eigenvalue weighted by molar-refractivity contribution is 0.0656. The summed E-state index contributed by atoms with van der Waals surface area (Å²) in [5, 5.41) is 6.93. The van der Waals surface area contributed by atoms with Crippen molar-refractivity contribution in [2.24, 2.45) is 0 Å². The van der Waals surface area contributed by atoms with E-state index in [0.717, 1.165) is 44.6 Å². The number of piperazine rings is 1. The maximum absolute atomic E-state index is 13.1. The van der Waals surface area contributed by atoms with Crippen LogP contribution in [0, 0.1) is 0 Å². The molecule has 2 aromatic heterocycles. The largest absolute Gasteiger partial charge is 0.335 e. The average molecular weight is 344 g/mol. The van der Waals surface area contributed by atoms with E-state index < -0.39 is 0 Å². The number of likely N-dealkylation sites (N-methyl/N-ethyl adjacent to an activating group) is 1. The Hall–Kier alpha value is -1.66. The summed E-state index contributed by atoms with van der Waals surface area (Å²) in [7, 11) is 2.11. The van der Waals surface area contributed by atoms with Crippen LogP contribution < -0.4 is 0 Å². The van der Waals surface area contributed by atoms with Gasteiger partial charge >= 0.3 is 0 Å². The maximum Gasteiger partial charge on any atom is 0.274 e. The molecule has 6 heteroatoms. The molecule has 4 rings (SSSR count). The molecule has 2 aromatic rings. The number of hydrogen-bond acceptors (Lipinski definition) is 4. The third-order valence-corrected chi connectivity index (χ3v) is 6.07. The third kappa shape index (κ3) is 2.48. The van der Waals surface area contributed by atoms with Crippen molar-refractivity contribution in [3.05, 3.63) is 27.6 Å². The Kier molecular flexibility index (Phi) is 3.96. The monoisotopic (exact) mass is 344 g/mol. The van der Waals surface area contributed by atoms with E-state index in [9.17, 15) is 4.79 Å². The molecular weight excluding hydrogens is 320 g/mol. The van der Waals surface area contributed by atoms with Gasteiger partial charge in [-0.1, -0.05) is 0 Å². The number of nitrogens with zero attached hydrogens (tertiary/aromatic N) is 4. The molecule has 0 atom stereocenters. The number of fused-ring (bicyclic) bond motifs is 3. The molecular formula is C18H24N4OS. The van der Waals surface area contributed by atoms with Gasteiger partial charge in [-0.05, 0) is 45.2 Å². The Morgan fingerprint density at radius 1 is 1.21 bits per heavy atom. The maximum atomic E-state index is 13.1. The van der Waals surface area contributed by atoms with Crippen molar-refractivity contribution in [1.82, 2.24) is 19.6 Å². The first-order chi connectivity index (χ1) is 11.6. The van der Waals surface area contributed by atoms with E-state index in [0.29, 0.717) is 5.69 Å². The molecule has 1 aliphatic carbocycles. The molecule has 24 heavy (non-hydrogen) atoms. The number of carbonyl (C=O) groups excluding carboxylic acids is 1. The molecule has 0 aromatic carbocycles. The molecule has 3 heterocycles. The number of aryl methyl sites for hydroxylation is 1. The zero-order valence-corrected chi connectivity index (χ0v) is 15.4. The van der Waals surface area contributed by atoms with Gasteiger partial charge in [0, 0.05) is 48.2 Å². The zero-order valence-electron chi connectivity index (χ0n) is 14.6. The Labute approximate surface area is 146 Å². The summed E-state index contributed by atoms with van der Waals surface area (Å²) in [5.41, 5.74) is 4.28. The van der Waals surface area contributed by atoms with Crippen molar-refractivity contribution < 1.29 is 4.79 Å². The lowest BCUT2D eigenvalue weighted by Crippen LogP contribution is -2.47. The van der Waals surface area contributed by atoms with Crippen LogP contribution in [0.2, 0.25) is 0 Å². The molecule has 1 fully saturated rings. The normalized spacial score (nSPS) is 17.9. The molecule has 5 nitrogen and oxygen atoms in total. The highest BCUT2D eigenvalue weighted by Crippen LogP contribution is 2.39. The van der Waals surface area contributed by atoms with Gasteiger partial charge in [-0.25, -0.2) is 0 Å². The molecule has 0 spiro atoms. The number of hydrogen-bond donors (Lipinski definition) is 0. The van der Waals surface area contributed by atoms with E-state index in [2.05, 4.69) is 41.9 Å². The van der Waals surface area contributed by atoms with E-state index in [1.54, 1.807) is 0 Å². The van der Waals surface area contributed by atoms with Crippen LogP contribution in [0.3, 0.4) is 0 Å². The second-order valence-corrected chi connectivity index (χ2v) is 8.07. The van der Waals surface area contributed by atoms with Crippen molar-refractivity contribution in [3.8, 4) is 11.3 Å². The first-order valence-electron chi connectivity index (χ1n) is 8.72. The van der Waals surface area contributed by atoms with Gasteiger partial charge in [-0.3, -0.25) is 9.48 Å². The number of thiophene rings is 1. The highest BCUT2D eigenvalue weighted by Gasteiger charge is 2.32. The Morgan fingerprint density at radius 2 is 1.96 bits per heavy atom. The van der Waals surface area contributed by atoms with Crippen LogP contribution in [0.5, 0.6) is 0 Å². The van der Waals surface area contributed by atoms with Gasteiger partial charge in [0.05, 0.1) is 5.69 Å². The molecule has 1 aliphatic heterocycles. The quantitative estimate of drug-likeness (QED) is 0.841. The van der Waals surface area contributed by atoms with Crippen LogP contribution in [-0.2, 0) is 12.8 Å². The number of carbonyl (C=O) groups is 1. The molecule has 1 amide bonds. The van der Waals surface area contributed by atoms with Crippen molar-refractivity contribution >= 4 is 17.2 Å². The minimum Gasteiger partial charge on any atom is -0.335 e. The molecule has 0 bridgehead atoms. The van der Waals surface area contributed by atoms with Gasteiger partial charge in [0.25, 0.3) is 5.91 Å². The summed E-state index contributed by atoms with van der Waals surface area (Å²) < 4.78 is 2.06. The Bertz CT molecular complexity index is 768. The summed E-state index contributed by atoms with van der Waals surface area (Å²) in [4.78, 5) is 18.8. The fraction of sp³-hybridized carbons (Fsp3) is 0.556. The average Bonchev–Trinajstić information content (AvgIpc) is 3.18. The summed E-state index contributed by atoms with van der Waals surface area (Å²) in [6.45, 7) is 7.74. The zero-order chi connectivity index (χ0) is 16.8. The topological polar surface area (TPSA) is 41.4 Å². The predicted molar refractivity (Wildman–Crippen MR) is 96.7 cm³/mol. The van der Waals surface area contributed by atoms with Crippen molar-refractivity contribution in [2.45, 2.75) is 32.7 Å². The molecule has 1 saturated heterocycles. The van der Waals surface area contributed by atoms with Crippen LogP contribution in [0.1, 0.15) is 40.8 Å². The highest BCUT2D eigenvalue weighted by atomic mass is 32.1. The van der Waals surface area contributed by atoms with E-state index in [-0.39, 0.29) is 11.9 Å². The summed E-state index contributed by atoms with van der Waals surface area (Å²) >= 11 is 1.81. The Balaban J connectivity index is 1.75. The molecule has 2 aliphatic rings. The van der Waals surface area contributed by atoms with E-state index in [1.807, 2.05) is 16.2 Å². The lowest BCUT2D eigenvalue weighted by atomic mass is 9.94. The number of aromatic nitrogens is 2. The first-order valence-corrected chi connectivity index (χ1v) is 9.60. The summed E-state index contributed by atoms with van der Waals surface area (Å²) in [6, 6.07) is 2.43. The second-order valence-electron chi connectivity index (χ2n) is 7.07. The van der Waals surface area contributed by atoms with Gasteiger partial charge in [0.1, 0.15) is 0 Å². The van der Waals surface area contributed by atoms with Gasteiger partial charge in [0.15, 0.2) is 5.69 Å². The lowest BCUT2D eigenvalue weighted by Gasteiger charge is -2.32. The van der Waals surface area contributed by atoms with Crippen LogP contribution in [0.15, 0.2) is 11.4 Å². The van der Waals surface area contributed by atoms with E-state index >= 15 is 0 Å². The van der Waals surface area contributed by atoms with Crippen LogP contribution >= 0.6 is 11.3 Å². The van der Waals surface area contributed by atoms with Gasteiger partial charge in [0.2, 0.25) is 0 Å². The highest BCUT2D eigenvalue weighted by molar-refractivity contribution is 7.10. The first kappa shape index (κ1) is 15.8. The smallest absolute Gasteiger partial charge is 0.274 e. The van der Waals surface area contributed by atoms with Crippen LogP contribution in [-0.4, -0.2) is 58.7 Å². The minimum atomic E-state index is 0.109. The van der Waals surface area contributed by atoms with Crippen molar-refractivity contribution in [3.63, 3.8) is 0 Å². The van der Waals surface area contributed by atoms with Crippen molar-refractivity contribution in [2.75, 3.05) is 33.2 Å². The molecule has 0 saturated carbocycles. The SMILES string of the molecule is CC(C)n1nc(C(=O)N2CCN(C)CC2)c2c1-c1ccsc1CC2. The second kappa shape index (κ2) is 6.01. The predicted octanol–water partition coefficient (Wildman–Crippen LogP) is 2.68. The van der Waals surface area contributed by atoms with Gasteiger partial charge in [-0.2, -0.15) is 5.10 Å². The van der Waals surface area contributed by atoms with Crippen molar-refractivity contribution in [1.29, 1.82) is 0 Å². The third-order valence-electron chi connectivity index (χ3n) is 5.09. The van der Waals surface area contributed by atoms with Gasteiger partial charge in [-0.15, -0.1) is 11.3 Å². The molecule has 128 valence electrons. The number of amides is 1. The van der Waals surface area contributed by atoms with Crippen LogP contribution in [0.4, 0.5) is 0 Å².